The van der Waals surface area contributed by atoms with Crippen molar-refractivity contribution in [2.75, 3.05) is 11.9 Å². The molecule has 2 aliphatic rings. The summed E-state index contributed by atoms with van der Waals surface area (Å²) in [4.78, 5) is 12.5. The van der Waals surface area contributed by atoms with E-state index in [2.05, 4.69) is 10.6 Å². The Kier molecular flexibility index (Phi) is 3.92. The number of hydrogen-bond donors (Lipinski definition) is 3. The highest BCUT2D eigenvalue weighted by molar-refractivity contribution is 5.97. The molecule has 2 atom stereocenters. The third kappa shape index (κ3) is 2.66. The second-order valence-electron chi connectivity index (χ2n) is 5.79. The van der Waals surface area contributed by atoms with Crippen LogP contribution in [0.25, 0.3) is 0 Å². The van der Waals surface area contributed by atoms with Crippen LogP contribution < -0.4 is 10.6 Å². The van der Waals surface area contributed by atoms with Gasteiger partial charge in [-0.15, -0.1) is 0 Å². The smallest absolute Gasteiger partial charge is 0.251 e. The highest BCUT2D eigenvalue weighted by Gasteiger charge is 2.26. The highest BCUT2D eigenvalue weighted by atomic mass is 16.3. The number of benzene rings is 1. The number of fused-ring (bicyclic) bond motifs is 1. The van der Waals surface area contributed by atoms with Crippen molar-refractivity contribution in [1.29, 1.82) is 0 Å². The molecule has 1 aliphatic carbocycles. The van der Waals surface area contributed by atoms with Crippen molar-refractivity contribution < 1.29 is 9.90 Å². The van der Waals surface area contributed by atoms with Crippen molar-refractivity contribution in [2.45, 2.75) is 50.7 Å². The third-order valence-electron chi connectivity index (χ3n) is 4.39. The SMILES string of the molecule is O=C(N[C@@H]1CCCC[C@H]1O)c1cccc2c1CCCN2. The lowest BCUT2D eigenvalue weighted by Crippen LogP contribution is -2.45. The van der Waals surface area contributed by atoms with Crippen LogP contribution in [0.5, 0.6) is 0 Å². The van der Waals surface area contributed by atoms with Gasteiger partial charge in [0.05, 0.1) is 12.1 Å². The van der Waals surface area contributed by atoms with Gasteiger partial charge in [-0.2, -0.15) is 0 Å². The maximum atomic E-state index is 12.5. The fraction of sp³-hybridized carbons (Fsp3) is 0.562. The number of aliphatic hydroxyl groups excluding tert-OH is 1. The monoisotopic (exact) mass is 274 g/mol. The lowest BCUT2D eigenvalue weighted by atomic mass is 9.91. The number of aliphatic hydroxyl groups is 1. The molecule has 1 fully saturated rings. The first-order chi connectivity index (χ1) is 9.75. The summed E-state index contributed by atoms with van der Waals surface area (Å²) in [6.45, 7) is 0.972. The molecule has 0 aromatic heterocycles. The second-order valence-corrected chi connectivity index (χ2v) is 5.79. The molecule has 1 aromatic rings. The van der Waals surface area contributed by atoms with Gasteiger partial charge in [0, 0.05) is 17.8 Å². The summed E-state index contributed by atoms with van der Waals surface area (Å²) in [6, 6.07) is 5.74. The minimum Gasteiger partial charge on any atom is -0.391 e. The van der Waals surface area contributed by atoms with Gasteiger partial charge in [0.15, 0.2) is 0 Å². The Labute approximate surface area is 119 Å². The van der Waals surface area contributed by atoms with Crippen molar-refractivity contribution >= 4 is 11.6 Å². The number of amides is 1. The van der Waals surface area contributed by atoms with E-state index in [-0.39, 0.29) is 11.9 Å². The molecule has 20 heavy (non-hydrogen) atoms. The Hall–Kier alpha value is -1.55. The van der Waals surface area contributed by atoms with Crippen LogP contribution in [-0.2, 0) is 6.42 Å². The average molecular weight is 274 g/mol. The van der Waals surface area contributed by atoms with E-state index in [1.165, 1.54) is 0 Å². The lowest BCUT2D eigenvalue weighted by Gasteiger charge is -2.29. The summed E-state index contributed by atoms with van der Waals surface area (Å²) < 4.78 is 0. The molecule has 108 valence electrons. The van der Waals surface area contributed by atoms with Crippen LogP contribution in [0.1, 0.15) is 48.0 Å². The quantitative estimate of drug-likeness (QED) is 0.774. The number of nitrogens with one attached hydrogen (secondary N) is 2. The van der Waals surface area contributed by atoms with Crippen LogP contribution in [0, 0.1) is 0 Å². The van der Waals surface area contributed by atoms with Gasteiger partial charge in [-0.05, 0) is 43.4 Å². The molecule has 0 unspecified atom stereocenters. The zero-order chi connectivity index (χ0) is 13.9. The standard InChI is InChI=1S/C16H22N2O2/c19-15-9-2-1-7-14(15)18-16(20)12-5-3-8-13-11(12)6-4-10-17-13/h3,5,8,14-15,17,19H,1-2,4,6-7,9-10H2,(H,18,20)/t14-,15-/m1/s1. The molecule has 0 radical (unpaired) electrons. The molecule has 3 N–H and O–H groups in total. The lowest BCUT2D eigenvalue weighted by molar-refractivity contribution is 0.0716. The van der Waals surface area contributed by atoms with Crippen molar-refractivity contribution in [3.8, 4) is 0 Å². The molecule has 1 aromatic carbocycles. The Morgan fingerprint density at radius 2 is 2.10 bits per heavy atom. The number of hydrogen-bond acceptors (Lipinski definition) is 3. The summed E-state index contributed by atoms with van der Waals surface area (Å²) in [5, 5.41) is 16.3. The maximum Gasteiger partial charge on any atom is 0.251 e. The van der Waals surface area contributed by atoms with Gasteiger partial charge >= 0.3 is 0 Å². The van der Waals surface area contributed by atoms with E-state index in [4.69, 9.17) is 0 Å². The van der Waals surface area contributed by atoms with Crippen LogP contribution in [0.2, 0.25) is 0 Å². The molecule has 4 nitrogen and oxygen atoms in total. The molecule has 3 rings (SSSR count). The van der Waals surface area contributed by atoms with Gasteiger partial charge < -0.3 is 15.7 Å². The predicted molar refractivity (Wildman–Crippen MR) is 79.0 cm³/mol. The molecule has 0 spiro atoms. The molecule has 0 bridgehead atoms. The number of rotatable bonds is 2. The minimum atomic E-state index is -0.398. The van der Waals surface area contributed by atoms with E-state index in [1.807, 2.05) is 18.2 Å². The summed E-state index contributed by atoms with van der Waals surface area (Å²) in [7, 11) is 0. The first-order valence-corrected chi connectivity index (χ1v) is 7.60. The summed E-state index contributed by atoms with van der Waals surface area (Å²) >= 11 is 0. The average Bonchev–Trinajstić information content (AvgIpc) is 2.49. The van der Waals surface area contributed by atoms with Gasteiger partial charge in [-0.25, -0.2) is 0 Å². The van der Waals surface area contributed by atoms with Crippen molar-refractivity contribution in [2.24, 2.45) is 0 Å². The van der Waals surface area contributed by atoms with E-state index in [0.29, 0.717) is 0 Å². The minimum absolute atomic E-state index is 0.0449. The summed E-state index contributed by atoms with van der Waals surface area (Å²) in [6.07, 6.45) is 5.40. The molecular weight excluding hydrogens is 252 g/mol. The Morgan fingerprint density at radius 1 is 1.25 bits per heavy atom. The predicted octanol–water partition coefficient (Wildman–Crippen LogP) is 2.08. The zero-order valence-corrected chi connectivity index (χ0v) is 11.7. The molecule has 1 saturated carbocycles. The topological polar surface area (TPSA) is 61.4 Å². The molecule has 4 heteroatoms. The Morgan fingerprint density at radius 3 is 2.95 bits per heavy atom. The summed E-state index contributed by atoms with van der Waals surface area (Å²) in [5.41, 5.74) is 2.95. The van der Waals surface area contributed by atoms with Crippen molar-refractivity contribution in [3.63, 3.8) is 0 Å². The van der Waals surface area contributed by atoms with Gasteiger partial charge in [0.25, 0.3) is 5.91 Å². The fourth-order valence-corrected chi connectivity index (χ4v) is 3.25. The van der Waals surface area contributed by atoms with Crippen LogP contribution in [0.15, 0.2) is 18.2 Å². The normalized spacial score (nSPS) is 25.4. The molecule has 0 saturated heterocycles. The van der Waals surface area contributed by atoms with E-state index in [0.717, 1.165) is 61.9 Å². The van der Waals surface area contributed by atoms with E-state index >= 15 is 0 Å². The van der Waals surface area contributed by atoms with Crippen LogP contribution in [0.3, 0.4) is 0 Å². The van der Waals surface area contributed by atoms with E-state index < -0.39 is 6.10 Å². The van der Waals surface area contributed by atoms with E-state index in [1.54, 1.807) is 0 Å². The van der Waals surface area contributed by atoms with Crippen molar-refractivity contribution in [3.05, 3.63) is 29.3 Å². The molecule has 1 heterocycles. The third-order valence-corrected chi connectivity index (χ3v) is 4.39. The second kappa shape index (κ2) is 5.83. The highest BCUT2D eigenvalue weighted by Crippen LogP contribution is 2.26. The molecule has 1 amide bonds. The largest absolute Gasteiger partial charge is 0.391 e. The molecule has 1 aliphatic heterocycles. The van der Waals surface area contributed by atoms with Crippen LogP contribution in [-0.4, -0.2) is 29.7 Å². The van der Waals surface area contributed by atoms with Gasteiger partial charge in [-0.1, -0.05) is 18.9 Å². The van der Waals surface area contributed by atoms with Crippen molar-refractivity contribution in [1.82, 2.24) is 5.32 Å². The first kappa shape index (κ1) is 13.4. The maximum absolute atomic E-state index is 12.5. The number of carbonyl (C=O) groups is 1. The fourth-order valence-electron chi connectivity index (χ4n) is 3.25. The van der Waals surface area contributed by atoms with Gasteiger partial charge in [0.2, 0.25) is 0 Å². The molecular formula is C16H22N2O2. The first-order valence-electron chi connectivity index (χ1n) is 7.60. The van der Waals surface area contributed by atoms with E-state index in [9.17, 15) is 9.90 Å². The number of anilines is 1. The van der Waals surface area contributed by atoms with Crippen LogP contribution >= 0.6 is 0 Å². The number of carbonyl (C=O) groups excluding carboxylic acids is 1. The Balaban J connectivity index is 1.77. The van der Waals surface area contributed by atoms with Gasteiger partial charge in [0.1, 0.15) is 0 Å². The zero-order valence-electron chi connectivity index (χ0n) is 11.7. The Bertz CT molecular complexity index is 501. The van der Waals surface area contributed by atoms with Gasteiger partial charge in [-0.3, -0.25) is 4.79 Å². The summed E-state index contributed by atoms with van der Waals surface area (Å²) in [5.74, 6) is -0.0449. The van der Waals surface area contributed by atoms with Crippen LogP contribution in [0.4, 0.5) is 5.69 Å².